The minimum Gasteiger partial charge on any atom is -0.482 e. The zero-order valence-corrected chi connectivity index (χ0v) is 16.1. The molecule has 144 valence electrons. The summed E-state index contributed by atoms with van der Waals surface area (Å²) in [7, 11) is 1.25. The molecule has 0 fully saturated rings. The van der Waals surface area contributed by atoms with Gasteiger partial charge < -0.3 is 19.5 Å². The number of methoxy groups -OCH3 is 1. The van der Waals surface area contributed by atoms with Crippen LogP contribution >= 0.6 is 11.6 Å². The zero-order valence-electron chi connectivity index (χ0n) is 15.3. The van der Waals surface area contributed by atoms with E-state index in [1.54, 1.807) is 25.1 Å². The summed E-state index contributed by atoms with van der Waals surface area (Å²) in [5.74, 6) is -1.44. The molecule has 0 saturated heterocycles. The van der Waals surface area contributed by atoms with Crippen molar-refractivity contribution in [3.8, 4) is 5.75 Å². The number of carbonyl (C=O) groups is 3. The van der Waals surface area contributed by atoms with Crippen LogP contribution in [0.4, 0.5) is 0 Å². The summed E-state index contributed by atoms with van der Waals surface area (Å²) >= 11 is 5.85. The Morgan fingerprint density at radius 2 is 1.92 bits per heavy atom. The first kappa shape index (κ1) is 21.8. The van der Waals surface area contributed by atoms with Gasteiger partial charge in [-0.05, 0) is 36.6 Å². The lowest BCUT2D eigenvalue weighted by atomic mass is 9.99. The number of aryl methyl sites for hydroxylation is 1. The van der Waals surface area contributed by atoms with Crippen LogP contribution < -0.4 is 10.1 Å². The third-order valence-corrected chi connectivity index (χ3v) is 4.07. The molecule has 0 bridgehead atoms. The number of esters is 2. The summed E-state index contributed by atoms with van der Waals surface area (Å²) in [6.45, 7) is 4.65. The number of ether oxygens (including phenoxy) is 3. The maximum atomic E-state index is 11.9. The number of nitrogens with one attached hydrogen (secondary N) is 1. The van der Waals surface area contributed by atoms with Crippen molar-refractivity contribution in [2.75, 3.05) is 20.3 Å². The molecular formula is C18H24ClNO6. The first-order chi connectivity index (χ1) is 12.3. The van der Waals surface area contributed by atoms with E-state index < -0.39 is 30.5 Å². The topological polar surface area (TPSA) is 90.9 Å². The minimum absolute atomic E-state index is 0.113. The molecule has 0 unspecified atom stereocenters. The van der Waals surface area contributed by atoms with Gasteiger partial charge in [-0.15, -0.1) is 0 Å². The lowest BCUT2D eigenvalue weighted by Gasteiger charge is -2.21. The molecule has 1 amide bonds. The van der Waals surface area contributed by atoms with Crippen LogP contribution in [0.2, 0.25) is 5.02 Å². The van der Waals surface area contributed by atoms with Gasteiger partial charge in [0.2, 0.25) is 0 Å². The summed E-state index contributed by atoms with van der Waals surface area (Å²) < 4.78 is 14.9. The van der Waals surface area contributed by atoms with Crippen molar-refractivity contribution in [2.24, 2.45) is 5.92 Å². The van der Waals surface area contributed by atoms with Crippen molar-refractivity contribution in [1.29, 1.82) is 0 Å². The standard InChI is InChI=1S/C18H24ClNO6/c1-5-11(2)17(18(23)24-4)20-15(21)9-26-16(22)10-25-14-7-6-13(19)8-12(14)3/h6-8,11,17H,5,9-10H2,1-4H3,(H,20,21)/t11-,17+/m0/s1. The van der Waals surface area contributed by atoms with E-state index >= 15 is 0 Å². The van der Waals surface area contributed by atoms with E-state index in [-0.39, 0.29) is 12.5 Å². The Kier molecular flexibility index (Phi) is 8.92. The van der Waals surface area contributed by atoms with E-state index in [2.05, 4.69) is 10.1 Å². The monoisotopic (exact) mass is 385 g/mol. The lowest BCUT2D eigenvalue weighted by molar-refractivity contribution is -0.152. The molecule has 0 heterocycles. The second-order valence-corrected chi connectivity index (χ2v) is 6.25. The normalized spacial score (nSPS) is 12.7. The Labute approximate surface area is 157 Å². The first-order valence-electron chi connectivity index (χ1n) is 8.20. The average molecular weight is 386 g/mol. The van der Waals surface area contributed by atoms with Crippen LogP contribution in [0.5, 0.6) is 5.75 Å². The van der Waals surface area contributed by atoms with Crippen LogP contribution in [0.15, 0.2) is 18.2 Å². The van der Waals surface area contributed by atoms with Gasteiger partial charge in [0.1, 0.15) is 11.8 Å². The molecule has 8 heteroatoms. The van der Waals surface area contributed by atoms with Crippen molar-refractivity contribution in [3.05, 3.63) is 28.8 Å². The largest absolute Gasteiger partial charge is 0.482 e. The molecule has 1 rings (SSSR count). The maximum absolute atomic E-state index is 11.9. The predicted molar refractivity (Wildman–Crippen MR) is 96.0 cm³/mol. The average Bonchev–Trinajstić information content (AvgIpc) is 2.62. The highest BCUT2D eigenvalue weighted by Crippen LogP contribution is 2.21. The third kappa shape index (κ3) is 6.92. The molecule has 7 nitrogen and oxygen atoms in total. The van der Waals surface area contributed by atoms with Gasteiger partial charge in [-0.3, -0.25) is 4.79 Å². The highest BCUT2D eigenvalue weighted by Gasteiger charge is 2.26. The van der Waals surface area contributed by atoms with Crippen molar-refractivity contribution >= 4 is 29.4 Å². The summed E-state index contributed by atoms with van der Waals surface area (Å²) in [6.07, 6.45) is 0.675. The number of hydrogen-bond donors (Lipinski definition) is 1. The number of hydrogen-bond acceptors (Lipinski definition) is 6. The van der Waals surface area contributed by atoms with E-state index in [4.69, 9.17) is 21.1 Å². The number of halogens is 1. The Morgan fingerprint density at radius 1 is 1.23 bits per heavy atom. The number of rotatable bonds is 9. The molecule has 0 spiro atoms. The van der Waals surface area contributed by atoms with Crippen LogP contribution in [0, 0.1) is 12.8 Å². The maximum Gasteiger partial charge on any atom is 0.344 e. The highest BCUT2D eigenvalue weighted by atomic mass is 35.5. The Balaban J connectivity index is 2.45. The molecule has 1 N–H and O–H groups in total. The SMILES string of the molecule is CC[C@H](C)[C@@H](NC(=O)COC(=O)COc1ccc(Cl)cc1C)C(=O)OC. The highest BCUT2D eigenvalue weighted by molar-refractivity contribution is 6.30. The molecule has 1 aromatic rings. The molecule has 0 saturated carbocycles. The molecule has 0 aromatic heterocycles. The Bertz CT molecular complexity index is 649. The second-order valence-electron chi connectivity index (χ2n) is 5.81. The van der Waals surface area contributed by atoms with Crippen LogP contribution in [-0.2, 0) is 23.9 Å². The lowest BCUT2D eigenvalue weighted by Crippen LogP contribution is -2.47. The van der Waals surface area contributed by atoms with Crippen LogP contribution in [0.1, 0.15) is 25.8 Å². The fraction of sp³-hybridized carbons (Fsp3) is 0.500. The molecule has 0 aliphatic heterocycles. The van der Waals surface area contributed by atoms with Crippen molar-refractivity contribution in [3.63, 3.8) is 0 Å². The minimum atomic E-state index is -0.788. The third-order valence-electron chi connectivity index (χ3n) is 3.83. The van der Waals surface area contributed by atoms with Crippen molar-refractivity contribution in [2.45, 2.75) is 33.2 Å². The number of benzene rings is 1. The summed E-state index contributed by atoms with van der Waals surface area (Å²) in [5.41, 5.74) is 0.775. The van der Waals surface area contributed by atoms with Gasteiger partial charge in [-0.1, -0.05) is 31.9 Å². The van der Waals surface area contributed by atoms with Gasteiger partial charge in [0.05, 0.1) is 7.11 Å². The number of carbonyl (C=O) groups excluding carboxylic acids is 3. The fourth-order valence-electron chi connectivity index (χ4n) is 2.11. The van der Waals surface area contributed by atoms with E-state index in [1.165, 1.54) is 7.11 Å². The summed E-state index contributed by atoms with van der Waals surface area (Å²) in [5, 5.41) is 3.08. The molecule has 26 heavy (non-hydrogen) atoms. The molecule has 1 aromatic carbocycles. The predicted octanol–water partition coefficient (Wildman–Crippen LogP) is 2.27. The van der Waals surface area contributed by atoms with Gasteiger partial charge in [0.15, 0.2) is 13.2 Å². The van der Waals surface area contributed by atoms with Crippen molar-refractivity contribution < 1.29 is 28.6 Å². The van der Waals surface area contributed by atoms with Crippen LogP contribution in [0.3, 0.4) is 0 Å². The molecular weight excluding hydrogens is 362 g/mol. The molecule has 0 aliphatic carbocycles. The van der Waals surface area contributed by atoms with Gasteiger partial charge in [-0.2, -0.15) is 0 Å². The van der Waals surface area contributed by atoms with Gasteiger partial charge in [0, 0.05) is 5.02 Å². The Morgan fingerprint density at radius 3 is 2.50 bits per heavy atom. The van der Waals surface area contributed by atoms with Gasteiger partial charge >= 0.3 is 11.9 Å². The van der Waals surface area contributed by atoms with E-state index in [0.29, 0.717) is 17.2 Å². The van der Waals surface area contributed by atoms with Gasteiger partial charge in [0.25, 0.3) is 5.91 Å². The van der Waals surface area contributed by atoms with E-state index in [0.717, 1.165) is 5.56 Å². The van der Waals surface area contributed by atoms with Crippen LogP contribution in [0.25, 0.3) is 0 Å². The number of amides is 1. The quantitative estimate of drug-likeness (QED) is 0.656. The van der Waals surface area contributed by atoms with E-state index in [1.807, 2.05) is 13.8 Å². The fourth-order valence-corrected chi connectivity index (χ4v) is 2.34. The zero-order chi connectivity index (χ0) is 19.7. The smallest absolute Gasteiger partial charge is 0.344 e. The molecule has 2 atom stereocenters. The van der Waals surface area contributed by atoms with Gasteiger partial charge in [-0.25, -0.2) is 9.59 Å². The molecule has 0 radical (unpaired) electrons. The van der Waals surface area contributed by atoms with E-state index in [9.17, 15) is 14.4 Å². The van der Waals surface area contributed by atoms with Crippen molar-refractivity contribution in [1.82, 2.24) is 5.32 Å². The summed E-state index contributed by atoms with van der Waals surface area (Å²) in [4.78, 5) is 35.4. The molecule has 0 aliphatic rings. The second kappa shape index (κ2) is 10.7. The summed E-state index contributed by atoms with van der Waals surface area (Å²) in [6, 6.07) is 4.21. The van der Waals surface area contributed by atoms with Crippen LogP contribution in [-0.4, -0.2) is 44.2 Å². The first-order valence-corrected chi connectivity index (χ1v) is 8.58. The Hall–Kier alpha value is -2.28.